The summed E-state index contributed by atoms with van der Waals surface area (Å²) in [6.45, 7) is 11.3. The molecule has 1 aliphatic heterocycles. The highest BCUT2D eigenvalue weighted by Crippen LogP contribution is 2.28. The van der Waals surface area contributed by atoms with Gasteiger partial charge in [-0.2, -0.15) is 5.10 Å². The molecule has 0 N–H and O–H groups in total. The van der Waals surface area contributed by atoms with Gasteiger partial charge < -0.3 is 14.5 Å². The van der Waals surface area contributed by atoms with Gasteiger partial charge in [-0.3, -0.25) is 0 Å². The molecule has 1 saturated heterocycles. The van der Waals surface area contributed by atoms with E-state index in [-0.39, 0.29) is 18.2 Å². The zero-order valence-corrected chi connectivity index (χ0v) is 18.2. The lowest BCUT2D eigenvalue weighted by Crippen LogP contribution is -2.58. The third-order valence-corrected chi connectivity index (χ3v) is 5.32. The minimum atomic E-state index is -0.482. The summed E-state index contributed by atoms with van der Waals surface area (Å²) in [4.78, 5) is 21.1. The van der Waals surface area contributed by atoms with E-state index in [1.807, 2.05) is 44.1 Å². The maximum atomic E-state index is 12.5. The van der Waals surface area contributed by atoms with Crippen LogP contribution in [0.25, 0.3) is 16.8 Å². The van der Waals surface area contributed by atoms with E-state index in [9.17, 15) is 4.79 Å². The van der Waals surface area contributed by atoms with E-state index < -0.39 is 5.60 Å². The Balaban J connectivity index is 1.49. The van der Waals surface area contributed by atoms with Crippen LogP contribution in [0.1, 0.15) is 34.6 Å². The van der Waals surface area contributed by atoms with Crippen molar-refractivity contribution in [3.8, 4) is 11.1 Å². The van der Waals surface area contributed by atoms with Gasteiger partial charge in [-0.1, -0.05) is 12.1 Å². The van der Waals surface area contributed by atoms with Gasteiger partial charge >= 0.3 is 6.09 Å². The van der Waals surface area contributed by atoms with Gasteiger partial charge in [-0.25, -0.2) is 14.3 Å². The molecule has 7 nitrogen and oxygen atoms in total. The first-order valence-corrected chi connectivity index (χ1v) is 10.4. The third-order valence-electron chi connectivity index (χ3n) is 5.32. The second kappa shape index (κ2) is 7.63. The highest BCUT2D eigenvalue weighted by Gasteiger charge is 2.34. The molecule has 0 radical (unpaired) electrons. The molecule has 2 atom stereocenters. The Labute approximate surface area is 177 Å². The second-order valence-corrected chi connectivity index (χ2v) is 9.01. The number of anilines is 1. The van der Waals surface area contributed by atoms with Gasteiger partial charge in [0.2, 0.25) is 0 Å². The molecule has 2 aromatic heterocycles. The zero-order valence-electron chi connectivity index (χ0n) is 18.2. The van der Waals surface area contributed by atoms with Gasteiger partial charge in [-0.15, -0.1) is 0 Å². The zero-order chi connectivity index (χ0) is 21.5. The van der Waals surface area contributed by atoms with Crippen molar-refractivity contribution in [1.82, 2.24) is 19.5 Å². The highest BCUT2D eigenvalue weighted by atomic mass is 16.6. The molecule has 0 aliphatic carbocycles. The number of hydrogen-bond acceptors (Lipinski definition) is 5. The number of ether oxygens (including phenoxy) is 1. The molecule has 1 aromatic carbocycles. The molecular formula is C23H29N5O2. The molecule has 1 fully saturated rings. The number of benzene rings is 1. The summed E-state index contributed by atoms with van der Waals surface area (Å²) in [5, 5.41) is 4.26. The van der Waals surface area contributed by atoms with Crippen molar-refractivity contribution >= 4 is 17.4 Å². The van der Waals surface area contributed by atoms with Gasteiger partial charge in [0.1, 0.15) is 5.60 Å². The van der Waals surface area contributed by atoms with E-state index in [2.05, 4.69) is 53.1 Å². The minimum Gasteiger partial charge on any atom is -0.444 e. The first-order valence-electron chi connectivity index (χ1n) is 10.4. The first kappa shape index (κ1) is 20.2. The van der Waals surface area contributed by atoms with Crippen molar-refractivity contribution < 1.29 is 9.53 Å². The molecule has 3 heterocycles. The largest absolute Gasteiger partial charge is 0.444 e. The Bertz CT molecular complexity index is 1030. The molecule has 7 heteroatoms. The monoisotopic (exact) mass is 407 g/mol. The molecule has 1 aliphatic rings. The lowest BCUT2D eigenvalue weighted by Gasteiger charge is -2.45. The van der Waals surface area contributed by atoms with E-state index in [4.69, 9.17) is 4.74 Å². The molecule has 0 saturated carbocycles. The molecule has 0 unspecified atom stereocenters. The second-order valence-electron chi connectivity index (χ2n) is 9.01. The minimum absolute atomic E-state index is 0.189. The van der Waals surface area contributed by atoms with Gasteiger partial charge in [0.15, 0.2) is 5.65 Å². The number of aromatic nitrogens is 3. The number of amides is 1. The summed E-state index contributed by atoms with van der Waals surface area (Å²) in [6.07, 6.45) is 5.37. The Hall–Kier alpha value is -3.09. The first-order chi connectivity index (χ1) is 14.2. The normalized spacial score (nSPS) is 19.9. The van der Waals surface area contributed by atoms with E-state index >= 15 is 0 Å². The van der Waals surface area contributed by atoms with E-state index in [0.29, 0.717) is 13.1 Å². The molecule has 30 heavy (non-hydrogen) atoms. The van der Waals surface area contributed by atoms with E-state index in [0.717, 1.165) is 22.5 Å². The molecule has 3 aromatic rings. The smallest absolute Gasteiger partial charge is 0.410 e. The number of hydrogen-bond donors (Lipinski definition) is 0. The number of fused-ring (bicyclic) bond motifs is 1. The van der Waals surface area contributed by atoms with Crippen molar-refractivity contribution in [3.63, 3.8) is 0 Å². The molecule has 1 amide bonds. The molecule has 0 bridgehead atoms. The molecule has 0 spiro atoms. The maximum absolute atomic E-state index is 12.5. The average molecular weight is 408 g/mol. The third kappa shape index (κ3) is 4.10. The highest BCUT2D eigenvalue weighted by molar-refractivity contribution is 5.70. The van der Waals surface area contributed by atoms with Crippen LogP contribution >= 0.6 is 0 Å². The molecular weight excluding hydrogens is 378 g/mol. The summed E-state index contributed by atoms with van der Waals surface area (Å²) in [7, 11) is 0. The number of nitrogens with zero attached hydrogens (tertiary/aromatic N) is 5. The van der Waals surface area contributed by atoms with Crippen LogP contribution in [0.2, 0.25) is 0 Å². The van der Waals surface area contributed by atoms with Crippen LogP contribution in [0.3, 0.4) is 0 Å². The SMILES string of the molecule is C[C@@H]1CN(C(=O)OC(C)(C)C)C[C@H](C)N1c1ccc(-c2cnc3ccnn3c2)cc1. The topological polar surface area (TPSA) is 63.0 Å². The fourth-order valence-electron chi connectivity index (χ4n) is 4.09. The Morgan fingerprint density at radius 3 is 2.33 bits per heavy atom. The van der Waals surface area contributed by atoms with Crippen LogP contribution < -0.4 is 4.90 Å². The standard InChI is InChI=1S/C23H29N5O2/c1-16-13-26(22(29)30-23(3,4)5)14-17(2)28(16)20-8-6-18(7-9-20)19-12-24-21-10-11-25-27(21)15-19/h6-12,15-17H,13-14H2,1-5H3/t16-,17+. The summed E-state index contributed by atoms with van der Waals surface area (Å²) in [5.41, 5.74) is 3.62. The van der Waals surface area contributed by atoms with Crippen molar-refractivity contribution in [2.75, 3.05) is 18.0 Å². The van der Waals surface area contributed by atoms with Gasteiger partial charge in [0, 0.05) is 54.9 Å². The van der Waals surface area contributed by atoms with Crippen molar-refractivity contribution in [3.05, 3.63) is 48.9 Å². The number of carbonyl (C=O) groups excluding carboxylic acids is 1. The molecule has 158 valence electrons. The Kier molecular flexibility index (Phi) is 5.13. The van der Waals surface area contributed by atoms with Crippen molar-refractivity contribution in [2.45, 2.75) is 52.3 Å². The van der Waals surface area contributed by atoms with Crippen LogP contribution in [0.4, 0.5) is 10.5 Å². The molecule has 4 rings (SSSR count). The van der Waals surface area contributed by atoms with Crippen molar-refractivity contribution in [2.24, 2.45) is 0 Å². The number of piperazine rings is 1. The summed E-state index contributed by atoms with van der Waals surface area (Å²) < 4.78 is 7.34. The fraction of sp³-hybridized carbons (Fsp3) is 0.435. The number of carbonyl (C=O) groups is 1. The maximum Gasteiger partial charge on any atom is 0.410 e. The summed E-state index contributed by atoms with van der Waals surface area (Å²) >= 11 is 0. The lowest BCUT2D eigenvalue weighted by molar-refractivity contribution is 0.0193. The lowest BCUT2D eigenvalue weighted by atomic mass is 10.0. The van der Waals surface area contributed by atoms with Gasteiger partial charge in [-0.05, 0) is 52.3 Å². The number of rotatable bonds is 2. The van der Waals surface area contributed by atoms with Crippen LogP contribution in [0, 0.1) is 0 Å². The Morgan fingerprint density at radius 1 is 1.03 bits per heavy atom. The predicted molar refractivity (Wildman–Crippen MR) is 118 cm³/mol. The van der Waals surface area contributed by atoms with E-state index in [1.165, 1.54) is 0 Å². The van der Waals surface area contributed by atoms with Crippen LogP contribution in [-0.2, 0) is 4.74 Å². The quantitative estimate of drug-likeness (QED) is 0.636. The van der Waals surface area contributed by atoms with Crippen LogP contribution in [0.5, 0.6) is 0 Å². The summed E-state index contributed by atoms with van der Waals surface area (Å²) in [5.74, 6) is 0. The van der Waals surface area contributed by atoms with Gasteiger partial charge in [0.25, 0.3) is 0 Å². The predicted octanol–water partition coefficient (Wildman–Crippen LogP) is 4.23. The van der Waals surface area contributed by atoms with Crippen molar-refractivity contribution in [1.29, 1.82) is 0 Å². The van der Waals surface area contributed by atoms with Gasteiger partial charge in [0.05, 0.1) is 6.20 Å². The Morgan fingerprint density at radius 2 is 1.70 bits per heavy atom. The fourth-order valence-corrected chi connectivity index (χ4v) is 4.09. The summed E-state index contributed by atoms with van der Waals surface area (Å²) in [6, 6.07) is 10.8. The van der Waals surface area contributed by atoms with E-state index in [1.54, 1.807) is 10.7 Å². The van der Waals surface area contributed by atoms with Crippen LogP contribution in [0.15, 0.2) is 48.9 Å². The average Bonchev–Trinajstić information content (AvgIpc) is 3.14. The van der Waals surface area contributed by atoms with Crippen LogP contribution in [-0.4, -0.2) is 56.4 Å².